The molecule has 194 valence electrons. The van der Waals surface area contributed by atoms with Crippen molar-refractivity contribution in [3.05, 3.63) is 63.4 Å². The Kier molecular flexibility index (Phi) is 6.75. The zero-order valence-corrected chi connectivity index (χ0v) is 21.3. The largest absolute Gasteiger partial charge is 0.484 e. The van der Waals surface area contributed by atoms with E-state index >= 15 is 4.39 Å². The number of hydrogen-bond donors (Lipinski definition) is 1. The van der Waals surface area contributed by atoms with Gasteiger partial charge < -0.3 is 9.84 Å². The lowest BCUT2D eigenvalue weighted by Gasteiger charge is -2.46. The van der Waals surface area contributed by atoms with Gasteiger partial charge in [0.05, 0.1) is 10.9 Å². The number of nitrogens with zero attached hydrogens (tertiary/aromatic N) is 1. The molecule has 2 heterocycles. The van der Waals surface area contributed by atoms with Gasteiger partial charge >= 0.3 is 5.97 Å². The van der Waals surface area contributed by atoms with Crippen LogP contribution >= 0.6 is 11.6 Å². The van der Waals surface area contributed by atoms with Crippen LogP contribution in [0.25, 0.3) is 0 Å². The number of ether oxygens (including phenoxy) is 1. The summed E-state index contributed by atoms with van der Waals surface area (Å²) in [5.74, 6) is -3.36. The fourth-order valence-electron chi connectivity index (χ4n) is 6.09. The molecule has 1 saturated heterocycles. The number of carboxylic acid groups (broad SMARTS) is 1. The molecular formula is C28H31ClF3NO3. The maximum Gasteiger partial charge on any atom is 0.306 e. The highest BCUT2D eigenvalue weighted by atomic mass is 35.5. The van der Waals surface area contributed by atoms with Crippen LogP contribution in [-0.4, -0.2) is 34.7 Å². The minimum absolute atomic E-state index is 0.0672. The molecular weight excluding hydrogens is 491 g/mol. The molecule has 2 unspecified atom stereocenters. The third kappa shape index (κ3) is 4.60. The van der Waals surface area contributed by atoms with Crippen molar-refractivity contribution in [3.8, 4) is 5.75 Å². The molecule has 1 N–H and O–H groups in total. The number of aliphatic carboxylic acids is 1. The molecule has 2 aliphatic heterocycles. The van der Waals surface area contributed by atoms with Crippen LogP contribution in [0.15, 0.2) is 24.3 Å². The van der Waals surface area contributed by atoms with Crippen molar-refractivity contribution in [3.63, 3.8) is 0 Å². The molecule has 3 atom stereocenters. The van der Waals surface area contributed by atoms with Gasteiger partial charge in [0.1, 0.15) is 17.2 Å². The van der Waals surface area contributed by atoms with E-state index in [2.05, 4.69) is 4.90 Å². The van der Waals surface area contributed by atoms with Crippen LogP contribution in [0.3, 0.4) is 0 Å². The normalized spacial score (nSPS) is 21.9. The quantitative estimate of drug-likeness (QED) is 0.420. The molecule has 2 fully saturated rings. The standard InChI is InChI=1S/C28H31ClF3NO3/c1-15(27(34)35)23(17-3-4-17)20-6-5-18-7-8-28(36-26(18)25(20)32)9-11-33(12-10-28)16(2)21-13-19(30)14-22(31)24(21)29/h5-6,13-17,23H,3-4,7-12H2,1-2H3,(H,34,35)/t15-,16?,23?/m0/s1. The molecule has 0 amide bonds. The number of carboxylic acids is 1. The van der Waals surface area contributed by atoms with Gasteiger partial charge in [-0.1, -0.05) is 30.7 Å². The number of aryl methyl sites for hydroxylation is 1. The zero-order chi connectivity index (χ0) is 25.8. The van der Waals surface area contributed by atoms with Crippen LogP contribution in [-0.2, 0) is 11.2 Å². The Bertz CT molecular complexity index is 1180. The number of piperidine rings is 1. The van der Waals surface area contributed by atoms with Gasteiger partial charge in [-0.3, -0.25) is 9.69 Å². The first-order valence-electron chi connectivity index (χ1n) is 12.7. The zero-order valence-electron chi connectivity index (χ0n) is 20.5. The molecule has 2 aromatic carbocycles. The highest BCUT2D eigenvalue weighted by Crippen LogP contribution is 2.50. The van der Waals surface area contributed by atoms with Crippen molar-refractivity contribution in [2.75, 3.05) is 13.1 Å². The SMILES string of the molecule is CC(c1cc(F)cc(F)c1Cl)N1CCC2(CCc3ccc(C(C4CC4)[C@H](C)C(=O)O)c(F)c3O2)CC1. The van der Waals surface area contributed by atoms with Crippen molar-refractivity contribution in [1.82, 2.24) is 4.90 Å². The predicted molar refractivity (Wildman–Crippen MR) is 131 cm³/mol. The molecule has 0 aromatic heterocycles. The molecule has 2 aromatic rings. The summed E-state index contributed by atoms with van der Waals surface area (Å²) in [6, 6.07) is 5.42. The maximum absolute atomic E-state index is 15.9. The topological polar surface area (TPSA) is 49.8 Å². The van der Waals surface area contributed by atoms with Gasteiger partial charge in [-0.25, -0.2) is 13.2 Å². The number of carbonyl (C=O) groups is 1. The molecule has 8 heteroatoms. The predicted octanol–water partition coefficient (Wildman–Crippen LogP) is 6.89. The molecule has 1 spiro atoms. The number of likely N-dealkylation sites (tertiary alicyclic amines) is 1. The van der Waals surface area contributed by atoms with E-state index in [1.54, 1.807) is 13.0 Å². The minimum atomic E-state index is -0.916. The number of rotatable bonds is 6. The summed E-state index contributed by atoms with van der Waals surface area (Å²) in [6.07, 6.45) is 4.56. The van der Waals surface area contributed by atoms with Gasteiger partial charge in [-0.05, 0) is 74.1 Å². The first kappa shape index (κ1) is 25.4. The number of halogens is 4. The molecule has 4 nitrogen and oxygen atoms in total. The summed E-state index contributed by atoms with van der Waals surface area (Å²) in [5, 5.41) is 9.54. The van der Waals surface area contributed by atoms with E-state index in [9.17, 15) is 18.7 Å². The Morgan fingerprint density at radius 1 is 1.11 bits per heavy atom. The Morgan fingerprint density at radius 3 is 2.44 bits per heavy atom. The number of hydrogen-bond acceptors (Lipinski definition) is 3. The van der Waals surface area contributed by atoms with Gasteiger partial charge in [-0.2, -0.15) is 0 Å². The van der Waals surface area contributed by atoms with E-state index in [0.717, 1.165) is 30.9 Å². The smallest absolute Gasteiger partial charge is 0.306 e. The minimum Gasteiger partial charge on any atom is -0.484 e. The monoisotopic (exact) mass is 521 g/mol. The van der Waals surface area contributed by atoms with Crippen LogP contribution in [0.4, 0.5) is 13.2 Å². The highest BCUT2D eigenvalue weighted by Gasteiger charge is 2.44. The van der Waals surface area contributed by atoms with Crippen LogP contribution < -0.4 is 4.74 Å². The molecule has 0 bridgehead atoms. The molecule has 5 rings (SSSR count). The van der Waals surface area contributed by atoms with Crippen molar-refractivity contribution in [1.29, 1.82) is 0 Å². The third-order valence-corrected chi connectivity index (χ3v) is 8.92. The van der Waals surface area contributed by atoms with E-state index in [0.29, 0.717) is 43.5 Å². The second-order valence-electron chi connectivity index (χ2n) is 10.7. The van der Waals surface area contributed by atoms with Crippen molar-refractivity contribution < 1.29 is 27.8 Å². The maximum atomic E-state index is 15.9. The number of fused-ring (bicyclic) bond motifs is 1. The van der Waals surface area contributed by atoms with E-state index < -0.39 is 34.9 Å². The van der Waals surface area contributed by atoms with Gasteiger partial charge in [0.15, 0.2) is 11.6 Å². The van der Waals surface area contributed by atoms with E-state index in [1.165, 1.54) is 6.07 Å². The van der Waals surface area contributed by atoms with Crippen LogP contribution in [0.5, 0.6) is 5.75 Å². The first-order chi connectivity index (χ1) is 17.1. The molecule has 0 radical (unpaired) electrons. The summed E-state index contributed by atoms with van der Waals surface area (Å²) in [6.45, 7) is 4.77. The fraction of sp³-hybridized carbons (Fsp3) is 0.536. The van der Waals surface area contributed by atoms with Crippen LogP contribution in [0.2, 0.25) is 5.02 Å². The van der Waals surface area contributed by atoms with Crippen molar-refractivity contribution in [2.45, 2.75) is 69.9 Å². The van der Waals surface area contributed by atoms with E-state index in [4.69, 9.17) is 16.3 Å². The van der Waals surface area contributed by atoms with Crippen molar-refractivity contribution in [2.24, 2.45) is 11.8 Å². The van der Waals surface area contributed by atoms with Crippen molar-refractivity contribution >= 4 is 17.6 Å². The van der Waals surface area contributed by atoms with Crippen LogP contribution in [0, 0.1) is 29.3 Å². The second kappa shape index (κ2) is 9.56. The van der Waals surface area contributed by atoms with Gasteiger partial charge in [0, 0.05) is 31.1 Å². The lowest BCUT2D eigenvalue weighted by molar-refractivity contribution is -0.142. The van der Waals surface area contributed by atoms with E-state index in [-0.39, 0.29) is 28.6 Å². The second-order valence-corrected chi connectivity index (χ2v) is 11.1. The fourth-order valence-corrected chi connectivity index (χ4v) is 6.36. The summed E-state index contributed by atoms with van der Waals surface area (Å²) < 4.78 is 50.1. The number of benzene rings is 2. The Balaban J connectivity index is 1.34. The molecule has 1 saturated carbocycles. The Morgan fingerprint density at radius 2 is 1.81 bits per heavy atom. The van der Waals surface area contributed by atoms with E-state index in [1.807, 2.05) is 13.0 Å². The Hall–Kier alpha value is -2.25. The summed E-state index contributed by atoms with van der Waals surface area (Å²) in [4.78, 5) is 13.8. The average Bonchev–Trinajstić information content (AvgIpc) is 3.68. The Labute approximate surface area is 214 Å². The molecule has 3 aliphatic rings. The van der Waals surface area contributed by atoms with Gasteiger partial charge in [0.25, 0.3) is 0 Å². The summed E-state index contributed by atoms with van der Waals surface area (Å²) >= 11 is 6.13. The third-order valence-electron chi connectivity index (χ3n) is 8.52. The van der Waals surface area contributed by atoms with Crippen LogP contribution in [0.1, 0.15) is 74.6 Å². The molecule has 1 aliphatic carbocycles. The first-order valence-corrected chi connectivity index (χ1v) is 13.1. The molecule has 36 heavy (non-hydrogen) atoms. The average molecular weight is 522 g/mol. The highest BCUT2D eigenvalue weighted by molar-refractivity contribution is 6.31. The summed E-state index contributed by atoms with van der Waals surface area (Å²) in [5.41, 5.74) is 1.15. The lowest BCUT2D eigenvalue weighted by atomic mass is 9.79. The van der Waals surface area contributed by atoms with Gasteiger partial charge in [-0.15, -0.1) is 0 Å². The summed E-state index contributed by atoms with van der Waals surface area (Å²) in [7, 11) is 0. The lowest BCUT2D eigenvalue weighted by Crippen LogP contribution is -2.50. The van der Waals surface area contributed by atoms with Gasteiger partial charge in [0.2, 0.25) is 0 Å².